The number of hydrogen-bond acceptors (Lipinski definition) is 4. The summed E-state index contributed by atoms with van der Waals surface area (Å²) in [5, 5.41) is 5.16. The van der Waals surface area contributed by atoms with E-state index in [1.54, 1.807) is 6.07 Å². The first-order valence-electron chi connectivity index (χ1n) is 6.55. The van der Waals surface area contributed by atoms with Crippen LogP contribution in [0, 0.1) is 6.92 Å². The van der Waals surface area contributed by atoms with E-state index >= 15 is 0 Å². The van der Waals surface area contributed by atoms with E-state index in [2.05, 4.69) is 18.8 Å². The van der Waals surface area contributed by atoms with Gasteiger partial charge >= 0.3 is 0 Å². The molecule has 0 amide bonds. The van der Waals surface area contributed by atoms with Crippen LogP contribution in [0.2, 0.25) is 0 Å². The number of ether oxygens (including phenoxy) is 1. The monoisotopic (exact) mass is 306 g/mol. The molecule has 6 heteroatoms. The predicted octanol–water partition coefficient (Wildman–Crippen LogP) is 2.95. The number of nitrogens with zero attached hydrogens (tertiary/aromatic N) is 1. The standard InChI is InChI=1S/C15H18N2O3S/c1-10(2)13-7-6-12(9-11(13)3)20-15-14(21(16,18)19)5-4-8-17-15/h4-10H,1-3H3,(H2,16,18,19). The van der Waals surface area contributed by atoms with E-state index in [1.807, 2.05) is 19.1 Å². The third-order valence-electron chi connectivity index (χ3n) is 3.12. The van der Waals surface area contributed by atoms with Gasteiger partial charge < -0.3 is 4.74 Å². The van der Waals surface area contributed by atoms with Crippen molar-refractivity contribution in [1.82, 2.24) is 4.98 Å². The topological polar surface area (TPSA) is 82.3 Å². The number of benzene rings is 1. The number of sulfonamides is 1. The molecule has 112 valence electrons. The van der Waals surface area contributed by atoms with Crippen LogP contribution >= 0.6 is 0 Å². The number of aryl methyl sites for hydroxylation is 1. The molecule has 1 aromatic heterocycles. The van der Waals surface area contributed by atoms with Gasteiger partial charge in [-0.15, -0.1) is 0 Å². The highest BCUT2D eigenvalue weighted by Gasteiger charge is 2.17. The molecule has 2 aromatic rings. The van der Waals surface area contributed by atoms with Crippen molar-refractivity contribution in [2.45, 2.75) is 31.6 Å². The third kappa shape index (κ3) is 3.59. The van der Waals surface area contributed by atoms with Crippen LogP contribution in [0.1, 0.15) is 30.9 Å². The van der Waals surface area contributed by atoms with Crippen LogP contribution < -0.4 is 9.88 Å². The van der Waals surface area contributed by atoms with E-state index in [-0.39, 0.29) is 10.8 Å². The Morgan fingerprint density at radius 2 is 1.95 bits per heavy atom. The normalized spacial score (nSPS) is 11.7. The van der Waals surface area contributed by atoms with Crippen molar-refractivity contribution in [2.24, 2.45) is 5.14 Å². The first-order valence-corrected chi connectivity index (χ1v) is 8.10. The lowest BCUT2D eigenvalue weighted by Gasteiger charge is -2.13. The Labute approximate surface area is 124 Å². The molecule has 1 heterocycles. The largest absolute Gasteiger partial charge is 0.438 e. The molecular weight excluding hydrogens is 288 g/mol. The molecule has 0 saturated carbocycles. The van der Waals surface area contributed by atoms with Gasteiger partial charge in [-0.05, 0) is 48.2 Å². The Kier molecular flexibility index (Phi) is 4.29. The molecule has 1 aromatic carbocycles. The quantitative estimate of drug-likeness (QED) is 0.941. The molecule has 5 nitrogen and oxygen atoms in total. The summed E-state index contributed by atoms with van der Waals surface area (Å²) < 4.78 is 28.6. The number of rotatable bonds is 4. The van der Waals surface area contributed by atoms with E-state index < -0.39 is 10.0 Å². The second kappa shape index (κ2) is 5.83. The Hall–Kier alpha value is -1.92. The summed E-state index contributed by atoms with van der Waals surface area (Å²) in [5.74, 6) is 0.922. The lowest BCUT2D eigenvalue weighted by Crippen LogP contribution is -2.13. The summed E-state index contributed by atoms with van der Waals surface area (Å²) in [7, 11) is -3.87. The Balaban J connectivity index is 2.38. The van der Waals surface area contributed by atoms with Crippen LogP contribution in [-0.4, -0.2) is 13.4 Å². The van der Waals surface area contributed by atoms with Crippen LogP contribution in [0.5, 0.6) is 11.6 Å². The van der Waals surface area contributed by atoms with Gasteiger partial charge in [0.25, 0.3) is 0 Å². The van der Waals surface area contributed by atoms with Gasteiger partial charge in [0.1, 0.15) is 10.6 Å². The predicted molar refractivity (Wildman–Crippen MR) is 81.0 cm³/mol. The van der Waals surface area contributed by atoms with E-state index in [9.17, 15) is 8.42 Å². The second-order valence-corrected chi connectivity index (χ2v) is 6.66. The molecule has 0 fully saturated rings. The number of nitrogens with two attached hydrogens (primary N) is 1. The van der Waals surface area contributed by atoms with Crippen LogP contribution in [0.15, 0.2) is 41.4 Å². The number of primary sulfonamides is 1. The fourth-order valence-corrected chi connectivity index (χ4v) is 2.75. The van der Waals surface area contributed by atoms with Crippen LogP contribution in [0.25, 0.3) is 0 Å². The summed E-state index contributed by atoms with van der Waals surface area (Å²) in [6, 6.07) is 8.49. The smallest absolute Gasteiger partial charge is 0.243 e. The minimum absolute atomic E-state index is 0.0169. The molecule has 0 aliphatic carbocycles. The fourth-order valence-electron chi connectivity index (χ4n) is 2.14. The van der Waals surface area contributed by atoms with Gasteiger partial charge in [-0.2, -0.15) is 0 Å². The van der Waals surface area contributed by atoms with Crippen molar-refractivity contribution in [3.63, 3.8) is 0 Å². The summed E-state index contributed by atoms with van der Waals surface area (Å²) in [6.07, 6.45) is 1.46. The van der Waals surface area contributed by atoms with Crippen LogP contribution in [0.3, 0.4) is 0 Å². The Bertz CT molecular complexity index is 755. The summed E-state index contributed by atoms with van der Waals surface area (Å²) in [4.78, 5) is 3.82. The molecule has 2 rings (SSSR count). The molecule has 0 aliphatic rings. The van der Waals surface area contributed by atoms with Gasteiger partial charge in [0.15, 0.2) is 0 Å². The molecule has 0 radical (unpaired) electrons. The zero-order valence-electron chi connectivity index (χ0n) is 12.2. The van der Waals surface area contributed by atoms with Crippen molar-refractivity contribution >= 4 is 10.0 Å². The molecule has 0 bridgehead atoms. The molecule has 0 saturated heterocycles. The van der Waals surface area contributed by atoms with Gasteiger partial charge in [0, 0.05) is 6.20 Å². The van der Waals surface area contributed by atoms with Crippen molar-refractivity contribution in [3.8, 4) is 11.6 Å². The van der Waals surface area contributed by atoms with Crippen LogP contribution in [-0.2, 0) is 10.0 Å². The fraction of sp³-hybridized carbons (Fsp3) is 0.267. The minimum atomic E-state index is -3.87. The van der Waals surface area contributed by atoms with Gasteiger partial charge in [-0.1, -0.05) is 19.9 Å². The number of aromatic nitrogens is 1. The summed E-state index contributed by atoms with van der Waals surface area (Å²) >= 11 is 0. The van der Waals surface area contributed by atoms with Gasteiger partial charge in [-0.3, -0.25) is 0 Å². The molecule has 0 unspecified atom stereocenters. The maximum absolute atomic E-state index is 11.5. The highest BCUT2D eigenvalue weighted by atomic mass is 32.2. The lowest BCUT2D eigenvalue weighted by atomic mass is 9.98. The first kappa shape index (κ1) is 15.5. The van der Waals surface area contributed by atoms with E-state index in [4.69, 9.17) is 9.88 Å². The van der Waals surface area contributed by atoms with Gasteiger partial charge in [0.2, 0.25) is 15.9 Å². The second-order valence-electron chi connectivity index (χ2n) is 5.13. The van der Waals surface area contributed by atoms with Crippen molar-refractivity contribution in [3.05, 3.63) is 47.7 Å². The average Bonchev–Trinajstić information content (AvgIpc) is 2.37. The molecule has 0 atom stereocenters. The molecular formula is C15H18N2O3S. The summed E-state index contributed by atoms with van der Waals surface area (Å²) in [6.45, 7) is 6.21. The zero-order chi connectivity index (χ0) is 15.6. The maximum atomic E-state index is 11.5. The number of pyridine rings is 1. The van der Waals surface area contributed by atoms with Crippen molar-refractivity contribution in [2.75, 3.05) is 0 Å². The summed E-state index contributed by atoms with van der Waals surface area (Å²) in [5.41, 5.74) is 2.30. The first-order chi connectivity index (χ1) is 9.79. The SMILES string of the molecule is Cc1cc(Oc2ncccc2S(N)(=O)=O)ccc1C(C)C. The molecule has 2 N–H and O–H groups in total. The van der Waals surface area contributed by atoms with Gasteiger partial charge in [0.05, 0.1) is 0 Å². The Morgan fingerprint density at radius 1 is 1.24 bits per heavy atom. The average molecular weight is 306 g/mol. The molecule has 21 heavy (non-hydrogen) atoms. The zero-order valence-corrected chi connectivity index (χ0v) is 13.0. The van der Waals surface area contributed by atoms with Gasteiger partial charge in [-0.25, -0.2) is 18.5 Å². The highest BCUT2D eigenvalue weighted by Crippen LogP contribution is 2.28. The van der Waals surface area contributed by atoms with Crippen LogP contribution in [0.4, 0.5) is 0 Å². The van der Waals surface area contributed by atoms with E-state index in [1.165, 1.54) is 23.9 Å². The van der Waals surface area contributed by atoms with Crippen molar-refractivity contribution in [1.29, 1.82) is 0 Å². The van der Waals surface area contributed by atoms with Crippen molar-refractivity contribution < 1.29 is 13.2 Å². The van der Waals surface area contributed by atoms with E-state index in [0.29, 0.717) is 11.7 Å². The minimum Gasteiger partial charge on any atom is -0.438 e. The van der Waals surface area contributed by atoms with E-state index in [0.717, 1.165) is 5.56 Å². The molecule has 0 spiro atoms. The Morgan fingerprint density at radius 3 is 2.52 bits per heavy atom. The molecule has 0 aliphatic heterocycles. The highest BCUT2D eigenvalue weighted by molar-refractivity contribution is 7.89. The lowest BCUT2D eigenvalue weighted by molar-refractivity contribution is 0.446. The maximum Gasteiger partial charge on any atom is 0.243 e. The third-order valence-corrected chi connectivity index (χ3v) is 4.04. The number of hydrogen-bond donors (Lipinski definition) is 1.